The summed E-state index contributed by atoms with van der Waals surface area (Å²) < 4.78 is 0. The van der Waals surface area contributed by atoms with Crippen molar-refractivity contribution in [1.82, 2.24) is 5.32 Å². The van der Waals surface area contributed by atoms with Gasteiger partial charge in [-0.15, -0.1) is 0 Å². The third-order valence-corrected chi connectivity index (χ3v) is 1.66. The number of nitrogens with one attached hydrogen (secondary N) is 1. The first-order valence-electron chi connectivity index (χ1n) is 2.24. The van der Waals surface area contributed by atoms with Gasteiger partial charge in [-0.25, -0.2) is 0 Å². The second kappa shape index (κ2) is 1.78. The molecule has 1 rings (SSSR count). The van der Waals surface area contributed by atoms with Crippen molar-refractivity contribution in [2.24, 2.45) is 0 Å². The Labute approximate surface area is 48.2 Å². The van der Waals surface area contributed by atoms with Crippen LogP contribution in [0.2, 0.25) is 0 Å². The maximum Gasteiger partial charge on any atom is 0.117 e. The summed E-state index contributed by atoms with van der Waals surface area (Å²) in [7, 11) is 0. The number of allylic oxidation sites excluding steroid dienone is 1. The van der Waals surface area contributed by atoms with Crippen molar-refractivity contribution in [1.29, 1.82) is 0 Å². The van der Waals surface area contributed by atoms with Crippen LogP contribution < -0.4 is 5.32 Å². The molecule has 0 aliphatic carbocycles. The lowest BCUT2D eigenvalue weighted by Gasteiger charge is -1.95. The first-order chi connectivity index (χ1) is 3.29. The molecule has 39 valence electrons. The topological polar surface area (TPSA) is 12.0 Å². The Balaban J connectivity index is 2.42. The first kappa shape index (κ1) is 5.04. The van der Waals surface area contributed by atoms with Gasteiger partial charge in [0.1, 0.15) is 5.37 Å². The molecule has 1 radical (unpaired) electrons. The van der Waals surface area contributed by atoms with Crippen molar-refractivity contribution < 1.29 is 0 Å². The predicted octanol–water partition coefficient (Wildman–Crippen LogP) is 1.69. The zero-order chi connectivity index (χ0) is 5.28. The molecule has 0 unspecified atom stereocenters. The summed E-state index contributed by atoms with van der Waals surface area (Å²) in [5, 5.41) is 4.36. The standard InChI is InChI=1S/C5H8NS/c1-4-3-6-5(2)7-4/h3,6H,1-2H3. The van der Waals surface area contributed by atoms with Gasteiger partial charge in [0, 0.05) is 6.20 Å². The molecule has 1 aliphatic rings. The van der Waals surface area contributed by atoms with E-state index in [9.17, 15) is 0 Å². The molecule has 0 aromatic rings. The molecule has 0 fully saturated rings. The molecule has 0 aromatic carbocycles. The lowest BCUT2D eigenvalue weighted by molar-refractivity contribution is 1.03. The Morgan fingerprint density at radius 3 is 2.43 bits per heavy atom. The van der Waals surface area contributed by atoms with Gasteiger partial charge in [0.05, 0.1) is 0 Å². The van der Waals surface area contributed by atoms with Gasteiger partial charge < -0.3 is 5.32 Å². The van der Waals surface area contributed by atoms with Crippen molar-refractivity contribution in [2.45, 2.75) is 13.8 Å². The van der Waals surface area contributed by atoms with Gasteiger partial charge in [0.15, 0.2) is 0 Å². The monoisotopic (exact) mass is 114 g/mol. The molecule has 0 saturated carbocycles. The fraction of sp³-hybridized carbons (Fsp3) is 0.400. The smallest absolute Gasteiger partial charge is 0.117 e. The minimum absolute atomic E-state index is 1.28. The second-order valence-corrected chi connectivity index (χ2v) is 3.02. The fourth-order valence-electron chi connectivity index (χ4n) is 0.504. The molecule has 0 aromatic heterocycles. The third-order valence-electron chi connectivity index (χ3n) is 0.793. The summed E-state index contributed by atoms with van der Waals surface area (Å²) in [5.74, 6) is 0. The highest BCUT2D eigenvalue weighted by Crippen LogP contribution is 2.28. The minimum Gasteiger partial charge on any atom is -0.373 e. The minimum atomic E-state index is 1.28. The summed E-state index contributed by atoms with van der Waals surface area (Å²) in [6.45, 7) is 4.16. The third kappa shape index (κ3) is 1.13. The fourth-order valence-corrected chi connectivity index (χ4v) is 1.22. The lowest BCUT2D eigenvalue weighted by Crippen LogP contribution is -1.99. The van der Waals surface area contributed by atoms with Gasteiger partial charge in [-0.1, -0.05) is 11.8 Å². The number of hydrogen-bond donors (Lipinski definition) is 1. The highest BCUT2D eigenvalue weighted by Gasteiger charge is 2.07. The van der Waals surface area contributed by atoms with Crippen LogP contribution in [0.5, 0.6) is 0 Å². The maximum atomic E-state index is 3.09. The molecule has 0 spiro atoms. The Morgan fingerprint density at radius 2 is 2.29 bits per heavy atom. The lowest BCUT2D eigenvalue weighted by atomic mass is 10.6. The Kier molecular flexibility index (Phi) is 1.28. The van der Waals surface area contributed by atoms with Crippen molar-refractivity contribution >= 4 is 11.8 Å². The van der Waals surface area contributed by atoms with E-state index in [0.717, 1.165) is 0 Å². The summed E-state index contributed by atoms with van der Waals surface area (Å²) in [4.78, 5) is 1.34. The average Bonchev–Trinajstić information content (AvgIpc) is 1.87. The van der Waals surface area contributed by atoms with Crippen molar-refractivity contribution in [3.05, 3.63) is 16.5 Å². The summed E-state index contributed by atoms with van der Waals surface area (Å²) >= 11 is 1.79. The van der Waals surface area contributed by atoms with Crippen LogP contribution in [0, 0.1) is 5.37 Å². The van der Waals surface area contributed by atoms with Gasteiger partial charge >= 0.3 is 0 Å². The normalized spacial score (nSPS) is 21.7. The van der Waals surface area contributed by atoms with Gasteiger partial charge in [-0.05, 0) is 18.8 Å². The number of hydrogen-bond acceptors (Lipinski definition) is 2. The van der Waals surface area contributed by atoms with Crippen molar-refractivity contribution in [2.75, 3.05) is 0 Å². The van der Waals surface area contributed by atoms with Crippen molar-refractivity contribution in [3.63, 3.8) is 0 Å². The van der Waals surface area contributed by atoms with Crippen LogP contribution in [0.1, 0.15) is 13.8 Å². The van der Waals surface area contributed by atoms with Gasteiger partial charge in [0.2, 0.25) is 0 Å². The predicted molar refractivity (Wildman–Crippen MR) is 33.4 cm³/mol. The summed E-state index contributed by atoms with van der Waals surface area (Å²) in [6.07, 6.45) is 2.01. The molecular formula is C5H8NS. The van der Waals surface area contributed by atoms with Crippen LogP contribution in [0.15, 0.2) is 11.1 Å². The Bertz CT molecular complexity index is 98.3. The van der Waals surface area contributed by atoms with Crippen LogP contribution in [0.4, 0.5) is 0 Å². The van der Waals surface area contributed by atoms with Gasteiger partial charge in [-0.3, -0.25) is 0 Å². The molecule has 7 heavy (non-hydrogen) atoms. The molecule has 1 heterocycles. The van der Waals surface area contributed by atoms with Crippen LogP contribution in [-0.2, 0) is 0 Å². The van der Waals surface area contributed by atoms with E-state index in [1.54, 1.807) is 11.8 Å². The largest absolute Gasteiger partial charge is 0.373 e. The molecule has 1 nitrogen and oxygen atoms in total. The van der Waals surface area contributed by atoms with E-state index in [1.807, 2.05) is 6.20 Å². The van der Waals surface area contributed by atoms with E-state index >= 15 is 0 Å². The van der Waals surface area contributed by atoms with E-state index in [-0.39, 0.29) is 0 Å². The maximum absolute atomic E-state index is 3.09. The quantitative estimate of drug-likeness (QED) is 0.514. The number of rotatable bonds is 0. The average molecular weight is 114 g/mol. The highest BCUT2D eigenvalue weighted by atomic mass is 32.2. The van der Waals surface area contributed by atoms with Crippen LogP contribution in [0.3, 0.4) is 0 Å². The van der Waals surface area contributed by atoms with Crippen LogP contribution >= 0.6 is 11.8 Å². The van der Waals surface area contributed by atoms with E-state index in [0.29, 0.717) is 0 Å². The zero-order valence-electron chi connectivity index (χ0n) is 4.49. The SMILES string of the molecule is C[C]1NC=C(C)S1. The molecular weight excluding hydrogens is 106 g/mol. The van der Waals surface area contributed by atoms with E-state index < -0.39 is 0 Å². The first-order valence-corrected chi connectivity index (χ1v) is 3.05. The Hall–Kier alpha value is -0.110. The molecule has 0 atom stereocenters. The Morgan fingerprint density at radius 1 is 1.57 bits per heavy atom. The van der Waals surface area contributed by atoms with Crippen LogP contribution in [0.25, 0.3) is 0 Å². The molecule has 1 aliphatic heterocycles. The molecule has 0 saturated heterocycles. The molecule has 2 heteroatoms. The molecule has 0 bridgehead atoms. The van der Waals surface area contributed by atoms with Crippen LogP contribution in [-0.4, -0.2) is 0 Å². The summed E-state index contributed by atoms with van der Waals surface area (Å²) in [5.41, 5.74) is 0. The van der Waals surface area contributed by atoms with E-state index in [2.05, 4.69) is 19.2 Å². The second-order valence-electron chi connectivity index (χ2n) is 1.56. The van der Waals surface area contributed by atoms with E-state index in [4.69, 9.17) is 0 Å². The summed E-state index contributed by atoms with van der Waals surface area (Å²) in [6, 6.07) is 0. The molecule has 0 amide bonds. The van der Waals surface area contributed by atoms with E-state index in [1.165, 1.54) is 10.3 Å². The molecule has 1 N–H and O–H groups in total. The zero-order valence-corrected chi connectivity index (χ0v) is 5.30. The van der Waals surface area contributed by atoms with Gasteiger partial charge in [0.25, 0.3) is 0 Å². The highest BCUT2D eigenvalue weighted by molar-refractivity contribution is 8.05. The van der Waals surface area contributed by atoms with Crippen molar-refractivity contribution in [3.8, 4) is 0 Å². The van der Waals surface area contributed by atoms with Gasteiger partial charge in [-0.2, -0.15) is 0 Å². The number of thioether (sulfide) groups is 1.